The molecule has 0 aliphatic rings. The number of benzene rings is 1. The summed E-state index contributed by atoms with van der Waals surface area (Å²) >= 11 is 12.3. The largest absolute Gasteiger partial charge is 0.278 e. The average molecular weight is 427 g/mol. The number of halogens is 3. The second-order valence-electron chi connectivity index (χ2n) is 3.55. The molecule has 0 fully saturated rings. The van der Waals surface area contributed by atoms with E-state index in [9.17, 15) is 8.42 Å². The summed E-state index contributed by atoms with van der Waals surface area (Å²) in [5.74, 6) is 0. The summed E-state index contributed by atoms with van der Waals surface area (Å²) in [7, 11) is -3.73. The van der Waals surface area contributed by atoms with E-state index in [0.717, 1.165) is 0 Å². The monoisotopic (exact) mass is 424 g/mol. The van der Waals surface area contributed by atoms with Gasteiger partial charge in [-0.25, -0.2) is 13.4 Å². The van der Waals surface area contributed by atoms with Crippen LogP contribution >= 0.6 is 43.5 Å². The number of anilines is 1. The Morgan fingerprint density at radius 1 is 1.16 bits per heavy atom. The van der Waals surface area contributed by atoms with Crippen molar-refractivity contribution in [2.75, 3.05) is 4.72 Å². The van der Waals surface area contributed by atoms with E-state index in [1.165, 1.54) is 18.3 Å². The molecular formula is C11H7Br2ClN2O2S. The van der Waals surface area contributed by atoms with Crippen molar-refractivity contribution in [2.24, 2.45) is 0 Å². The Balaban J connectivity index is 2.35. The van der Waals surface area contributed by atoms with Gasteiger partial charge in [-0.2, -0.15) is 0 Å². The third kappa shape index (κ3) is 3.68. The summed E-state index contributed by atoms with van der Waals surface area (Å²) in [6, 6.07) is 7.81. The molecule has 0 saturated heterocycles. The predicted molar refractivity (Wildman–Crippen MR) is 81.9 cm³/mol. The molecular weight excluding hydrogens is 419 g/mol. The smallest absolute Gasteiger partial charge is 0.263 e. The van der Waals surface area contributed by atoms with Gasteiger partial charge in [0.15, 0.2) is 0 Å². The Labute approximate surface area is 132 Å². The van der Waals surface area contributed by atoms with Crippen LogP contribution in [-0.4, -0.2) is 13.4 Å². The van der Waals surface area contributed by atoms with Crippen LogP contribution < -0.4 is 4.72 Å². The molecule has 0 bridgehead atoms. The van der Waals surface area contributed by atoms with Crippen LogP contribution in [0, 0.1) is 0 Å². The number of hydrogen-bond acceptors (Lipinski definition) is 3. The van der Waals surface area contributed by atoms with Crippen LogP contribution in [0.1, 0.15) is 0 Å². The molecule has 1 aromatic heterocycles. The number of nitrogens with zero attached hydrogens (tertiary/aromatic N) is 1. The quantitative estimate of drug-likeness (QED) is 0.753. The summed E-state index contributed by atoms with van der Waals surface area (Å²) in [6.07, 6.45) is 1.41. The van der Waals surface area contributed by atoms with Gasteiger partial charge >= 0.3 is 0 Å². The van der Waals surface area contributed by atoms with Crippen LogP contribution in [0.25, 0.3) is 0 Å². The lowest BCUT2D eigenvalue weighted by Gasteiger charge is -2.09. The molecule has 0 atom stereocenters. The number of aromatic nitrogens is 1. The van der Waals surface area contributed by atoms with Gasteiger partial charge in [-0.3, -0.25) is 4.72 Å². The minimum Gasteiger partial charge on any atom is -0.278 e. The number of hydrogen-bond donors (Lipinski definition) is 1. The Morgan fingerprint density at radius 2 is 1.89 bits per heavy atom. The van der Waals surface area contributed by atoms with E-state index >= 15 is 0 Å². The second-order valence-corrected chi connectivity index (χ2v) is 7.34. The molecule has 1 aromatic carbocycles. The lowest BCUT2D eigenvalue weighted by molar-refractivity contribution is 0.601. The topological polar surface area (TPSA) is 59.1 Å². The summed E-state index contributed by atoms with van der Waals surface area (Å²) in [5.41, 5.74) is 0.363. The molecule has 8 heteroatoms. The van der Waals surface area contributed by atoms with Crippen molar-refractivity contribution in [3.63, 3.8) is 0 Å². The number of nitrogens with one attached hydrogen (secondary N) is 1. The van der Waals surface area contributed by atoms with E-state index in [0.29, 0.717) is 14.8 Å². The predicted octanol–water partition coefficient (Wildman–Crippen LogP) is 4.06. The fourth-order valence-electron chi connectivity index (χ4n) is 1.34. The highest BCUT2D eigenvalue weighted by Crippen LogP contribution is 2.26. The van der Waals surface area contributed by atoms with Gasteiger partial charge in [0.05, 0.1) is 16.9 Å². The van der Waals surface area contributed by atoms with Crippen molar-refractivity contribution in [3.8, 4) is 0 Å². The highest BCUT2D eigenvalue weighted by Gasteiger charge is 2.18. The third-order valence-electron chi connectivity index (χ3n) is 2.16. The molecule has 2 aromatic rings. The van der Waals surface area contributed by atoms with Crippen LogP contribution in [0.3, 0.4) is 0 Å². The molecule has 1 N–H and O–H groups in total. The minimum atomic E-state index is -3.73. The van der Waals surface area contributed by atoms with Crippen LogP contribution in [0.2, 0.25) is 5.02 Å². The average Bonchev–Trinajstić information content (AvgIpc) is 2.31. The fraction of sp³-hybridized carbons (Fsp3) is 0. The summed E-state index contributed by atoms with van der Waals surface area (Å²) < 4.78 is 28.1. The molecule has 0 radical (unpaired) electrons. The van der Waals surface area contributed by atoms with Gasteiger partial charge in [0.25, 0.3) is 10.0 Å². The van der Waals surface area contributed by atoms with Crippen LogP contribution in [0.4, 0.5) is 5.69 Å². The van der Waals surface area contributed by atoms with Gasteiger partial charge in [0.2, 0.25) is 0 Å². The molecule has 0 spiro atoms. The number of pyridine rings is 1. The lowest BCUT2D eigenvalue weighted by atomic mass is 10.4. The summed E-state index contributed by atoms with van der Waals surface area (Å²) in [5, 5.41) is 0.145. The van der Waals surface area contributed by atoms with Crippen molar-refractivity contribution in [1.29, 1.82) is 0 Å². The molecule has 2 rings (SSSR count). The van der Waals surface area contributed by atoms with E-state index in [1.54, 1.807) is 18.2 Å². The van der Waals surface area contributed by atoms with Gasteiger partial charge in [-0.1, -0.05) is 27.5 Å². The van der Waals surface area contributed by atoms with Crippen molar-refractivity contribution in [3.05, 3.63) is 50.6 Å². The van der Waals surface area contributed by atoms with Gasteiger partial charge in [-0.05, 0) is 46.3 Å². The first-order chi connectivity index (χ1) is 8.88. The normalized spacial score (nSPS) is 11.3. The van der Waals surface area contributed by atoms with Crippen LogP contribution in [0.5, 0.6) is 0 Å². The van der Waals surface area contributed by atoms with Crippen LogP contribution in [-0.2, 0) is 10.0 Å². The summed E-state index contributed by atoms with van der Waals surface area (Å²) in [6.45, 7) is 0. The SMILES string of the molecule is O=S(=O)(Nc1ccc(Br)nc1)c1ccc(Br)cc1Cl. The zero-order valence-corrected chi connectivity index (χ0v) is 14.0. The molecule has 4 nitrogen and oxygen atoms in total. The van der Waals surface area contributed by atoms with Gasteiger partial charge in [0, 0.05) is 4.47 Å². The third-order valence-corrected chi connectivity index (χ3v) is 4.99. The molecule has 0 saturated carbocycles. The maximum Gasteiger partial charge on any atom is 0.263 e. The molecule has 0 aliphatic carbocycles. The second kappa shape index (κ2) is 5.78. The first-order valence-corrected chi connectivity index (χ1v) is 8.42. The maximum atomic E-state index is 12.2. The Bertz CT molecular complexity index is 705. The zero-order chi connectivity index (χ0) is 14.0. The number of sulfonamides is 1. The fourth-order valence-corrected chi connectivity index (χ4v) is 3.66. The summed E-state index contributed by atoms with van der Waals surface area (Å²) in [4.78, 5) is 3.96. The lowest BCUT2D eigenvalue weighted by Crippen LogP contribution is -2.13. The van der Waals surface area contributed by atoms with E-state index < -0.39 is 10.0 Å². The highest BCUT2D eigenvalue weighted by molar-refractivity contribution is 9.10. The molecule has 100 valence electrons. The molecule has 0 unspecified atom stereocenters. The van der Waals surface area contributed by atoms with Crippen molar-refractivity contribution >= 4 is 59.2 Å². The maximum absolute atomic E-state index is 12.2. The van der Waals surface area contributed by atoms with Crippen molar-refractivity contribution in [2.45, 2.75) is 4.90 Å². The van der Waals surface area contributed by atoms with Crippen molar-refractivity contribution < 1.29 is 8.42 Å². The van der Waals surface area contributed by atoms with E-state index in [2.05, 4.69) is 41.6 Å². The molecule has 19 heavy (non-hydrogen) atoms. The van der Waals surface area contributed by atoms with E-state index in [4.69, 9.17) is 11.6 Å². The highest BCUT2D eigenvalue weighted by atomic mass is 79.9. The molecule has 1 heterocycles. The Morgan fingerprint density at radius 3 is 2.47 bits per heavy atom. The van der Waals surface area contributed by atoms with Crippen LogP contribution in [0.15, 0.2) is 50.5 Å². The molecule has 0 aliphatic heterocycles. The van der Waals surface area contributed by atoms with E-state index in [-0.39, 0.29) is 9.92 Å². The first-order valence-electron chi connectivity index (χ1n) is 4.98. The van der Waals surface area contributed by atoms with E-state index in [1.807, 2.05) is 0 Å². The van der Waals surface area contributed by atoms with Gasteiger partial charge in [-0.15, -0.1) is 0 Å². The Hall–Kier alpha value is -0.630. The Kier molecular flexibility index (Phi) is 4.50. The zero-order valence-electron chi connectivity index (χ0n) is 9.27. The molecule has 0 amide bonds. The first kappa shape index (κ1) is 14.8. The minimum absolute atomic E-state index is 0.0142. The van der Waals surface area contributed by atoms with Gasteiger partial charge < -0.3 is 0 Å². The standard InChI is InChI=1S/C11H7Br2ClN2O2S/c12-7-1-3-10(9(14)5-7)19(17,18)16-8-2-4-11(13)15-6-8/h1-6,16H. The van der Waals surface area contributed by atoms with Crippen molar-refractivity contribution in [1.82, 2.24) is 4.98 Å². The van der Waals surface area contributed by atoms with Gasteiger partial charge in [0.1, 0.15) is 9.50 Å². The number of rotatable bonds is 3.